The molecule has 1 heterocycles. The van der Waals surface area contributed by atoms with Crippen molar-refractivity contribution >= 4 is 11.8 Å². The SMILES string of the molecule is CNc1nc(C)cc(N(C)C(C)(C)CO)n1. The fourth-order valence-corrected chi connectivity index (χ4v) is 1.25. The number of nitrogens with zero attached hydrogens (tertiary/aromatic N) is 3. The van der Waals surface area contributed by atoms with Gasteiger partial charge in [-0.3, -0.25) is 0 Å². The van der Waals surface area contributed by atoms with Crippen LogP contribution in [0.25, 0.3) is 0 Å². The summed E-state index contributed by atoms with van der Waals surface area (Å²) in [6.45, 7) is 5.92. The van der Waals surface area contributed by atoms with Crippen LogP contribution in [0.15, 0.2) is 6.07 Å². The first-order valence-corrected chi connectivity index (χ1v) is 5.29. The van der Waals surface area contributed by atoms with Crippen molar-refractivity contribution in [1.29, 1.82) is 0 Å². The van der Waals surface area contributed by atoms with Crippen LogP contribution in [0, 0.1) is 6.92 Å². The smallest absolute Gasteiger partial charge is 0.224 e. The quantitative estimate of drug-likeness (QED) is 0.800. The summed E-state index contributed by atoms with van der Waals surface area (Å²) in [4.78, 5) is 10.5. The summed E-state index contributed by atoms with van der Waals surface area (Å²) >= 11 is 0. The molecule has 0 fully saturated rings. The van der Waals surface area contributed by atoms with Gasteiger partial charge in [0.1, 0.15) is 5.82 Å². The van der Waals surface area contributed by atoms with Crippen molar-refractivity contribution < 1.29 is 5.11 Å². The topological polar surface area (TPSA) is 61.3 Å². The fourth-order valence-electron chi connectivity index (χ4n) is 1.25. The van der Waals surface area contributed by atoms with E-state index in [9.17, 15) is 5.11 Å². The highest BCUT2D eigenvalue weighted by molar-refractivity contribution is 5.46. The van der Waals surface area contributed by atoms with Crippen molar-refractivity contribution in [3.8, 4) is 0 Å². The van der Waals surface area contributed by atoms with Crippen LogP contribution >= 0.6 is 0 Å². The molecule has 0 bridgehead atoms. The standard InChI is InChI=1S/C11H20N4O/c1-8-6-9(14-10(12-4)13-8)15(5)11(2,3)7-16/h6,16H,7H2,1-5H3,(H,12,13,14). The van der Waals surface area contributed by atoms with Crippen molar-refractivity contribution in [1.82, 2.24) is 9.97 Å². The molecule has 90 valence electrons. The minimum Gasteiger partial charge on any atom is -0.394 e. The molecule has 0 unspecified atom stereocenters. The van der Waals surface area contributed by atoms with E-state index in [-0.39, 0.29) is 12.1 Å². The van der Waals surface area contributed by atoms with E-state index in [4.69, 9.17) is 0 Å². The molecule has 0 aliphatic carbocycles. The zero-order valence-corrected chi connectivity index (χ0v) is 10.6. The van der Waals surface area contributed by atoms with E-state index in [2.05, 4.69) is 15.3 Å². The predicted octanol–water partition coefficient (Wildman–Crippen LogP) is 1.03. The van der Waals surface area contributed by atoms with Crippen molar-refractivity contribution in [3.63, 3.8) is 0 Å². The number of hydrogen-bond donors (Lipinski definition) is 2. The molecule has 0 amide bonds. The Bertz CT molecular complexity index is 365. The third-order valence-electron chi connectivity index (χ3n) is 2.70. The normalized spacial score (nSPS) is 11.4. The molecule has 5 heteroatoms. The zero-order chi connectivity index (χ0) is 12.3. The summed E-state index contributed by atoms with van der Waals surface area (Å²) in [5.41, 5.74) is 0.557. The molecule has 0 atom stereocenters. The van der Waals surface area contributed by atoms with Gasteiger partial charge in [-0.2, -0.15) is 4.98 Å². The summed E-state index contributed by atoms with van der Waals surface area (Å²) in [6.07, 6.45) is 0. The number of aromatic nitrogens is 2. The second-order valence-corrected chi connectivity index (χ2v) is 4.47. The Morgan fingerprint density at radius 2 is 2.06 bits per heavy atom. The van der Waals surface area contributed by atoms with Gasteiger partial charge in [0, 0.05) is 25.9 Å². The Labute approximate surface area is 96.5 Å². The maximum Gasteiger partial charge on any atom is 0.224 e. The highest BCUT2D eigenvalue weighted by Gasteiger charge is 2.24. The Morgan fingerprint density at radius 3 is 2.56 bits per heavy atom. The molecule has 0 saturated carbocycles. The molecule has 0 radical (unpaired) electrons. The Morgan fingerprint density at radius 1 is 1.44 bits per heavy atom. The van der Waals surface area contributed by atoms with Crippen LogP contribution in [-0.4, -0.2) is 41.3 Å². The molecule has 0 aromatic carbocycles. The van der Waals surface area contributed by atoms with E-state index in [1.165, 1.54) is 0 Å². The summed E-state index contributed by atoms with van der Waals surface area (Å²) in [5, 5.41) is 12.2. The van der Waals surface area contributed by atoms with Crippen LogP contribution in [0.3, 0.4) is 0 Å². The third-order valence-corrected chi connectivity index (χ3v) is 2.70. The second kappa shape index (κ2) is 4.65. The Kier molecular flexibility index (Phi) is 3.70. The molecule has 0 spiro atoms. The van der Waals surface area contributed by atoms with Gasteiger partial charge in [-0.05, 0) is 20.8 Å². The lowest BCUT2D eigenvalue weighted by molar-refractivity contribution is 0.215. The monoisotopic (exact) mass is 224 g/mol. The van der Waals surface area contributed by atoms with Gasteiger partial charge in [0.15, 0.2) is 0 Å². The Balaban J connectivity index is 3.08. The summed E-state index contributed by atoms with van der Waals surface area (Å²) in [7, 11) is 3.70. The molecule has 1 aromatic rings. The lowest BCUT2D eigenvalue weighted by Crippen LogP contribution is -2.44. The van der Waals surface area contributed by atoms with Gasteiger partial charge in [-0.25, -0.2) is 4.98 Å². The van der Waals surface area contributed by atoms with Crippen molar-refractivity contribution in [3.05, 3.63) is 11.8 Å². The van der Waals surface area contributed by atoms with Crippen LogP contribution < -0.4 is 10.2 Å². The molecular weight excluding hydrogens is 204 g/mol. The third kappa shape index (κ3) is 2.61. The minimum absolute atomic E-state index is 0.0709. The van der Waals surface area contributed by atoms with Crippen LogP contribution in [-0.2, 0) is 0 Å². The van der Waals surface area contributed by atoms with Crippen molar-refractivity contribution in [2.24, 2.45) is 0 Å². The average molecular weight is 224 g/mol. The maximum atomic E-state index is 9.32. The van der Waals surface area contributed by atoms with E-state index in [1.54, 1.807) is 7.05 Å². The van der Waals surface area contributed by atoms with Gasteiger partial charge < -0.3 is 15.3 Å². The second-order valence-electron chi connectivity index (χ2n) is 4.47. The van der Waals surface area contributed by atoms with Crippen LogP contribution in [0.2, 0.25) is 0 Å². The molecule has 5 nitrogen and oxygen atoms in total. The molecular formula is C11H20N4O. The summed E-state index contributed by atoms with van der Waals surface area (Å²) in [6, 6.07) is 1.90. The van der Waals surface area contributed by atoms with Crippen LogP contribution in [0.4, 0.5) is 11.8 Å². The highest BCUT2D eigenvalue weighted by Crippen LogP contribution is 2.21. The fraction of sp³-hybridized carbons (Fsp3) is 0.636. The van der Waals surface area contributed by atoms with E-state index >= 15 is 0 Å². The number of aryl methyl sites for hydroxylation is 1. The predicted molar refractivity (Wildman–Crippen MR) is 65.9 cm³/mol. The molecule has 0 aliphatic heterocycles. The number of nitrogens with one attached hydrogen (secondary N) is 1. The zero-order valence-electron chi connectivity index (χ0n) is 10.6. The van der Waals surface area contributed by atoms with Gasteiger partial charge in [-0.15, -0.1) is 0 Å². The van der Waals surface area contributed by atoms with Crippen LogP contribution in [0.5, 0.6) is 0 Å². The number of aliphatic hydroxyl groups excluding tert-OH is 1. The molecule has 1 rings (SSSR count). The first kappa shape index (κ1) is 12.7. The molecule has 1 aromatic heterocycles. The van der Waals surface area contributed by atoms with Gasteiger partial charge >= 0.3 is 0 Å². The lowest BCUT2D eigenvalue weighted by atomic mass is 10.1. The number of hydrogen-bond acceptors (Lipinski definition) is 5. The summed E-state index contributed by atoms with van der Waals surface area (Å²) in [5.74, 6) is 1.39. The first-order valence-electron chi connectivity index (χ1n) is 5.29. The minimum atomic E-state index is -0.341. The van der Waals surface area contributed by atoms with E-state index in [0.717, 1.165) is 11.5 Å². The van der Waals surface area contributed by atoms with Crippen molar-refractivity contribution in [2.45, 2.75) is 26.3 Å². The lowest BCUT2D eigenvalue weighted by Gasteiger charge is -2.35. The van der Waals surface area contributed by atoms with Gasteiger partial charge in [0.05, 0.1) is 12.1 Å². The average Bonchev–Trinajstić information content (AvgIpc) is 2.27. The number of anilines is 2. The van der Waals surface area contributed by atoms with Crippen molar-refractivity contribution in [2.75, 3.05) is 30.9 Å². The number of aliphatic hydroxyl groups is 1. The van der Waals surface area contributed by atoms with Crippen LogP contribution in [0.1, 0.15) is 19.5 Å². The van der Waals surface area contributed by atoms with Gasteiger partial charge in [0.2, 0.25) is 5.95 Å². The molecule has 0 aliphatic rings. The van der Waals surface area contributed by atoms with E-state index < -0.39 is 0 Å². The van der Waals surface area contributed by atoms with E-state index in [0.29, 0.717) is 5.95 Å². The molecule has 16 heavy (non-hydrogen) atoms. The first-order chi connectivity index (χ1) is 7.40. The largest absolute Gasteiger partial charge is 0.394 e. The number of likely N-dealkylation sites (N-methyl/N-ethyl adjacent to an activating group) is 1. The molecule has 2 N–H and O–H groups in total. The Hall–Kier alpha value is -1.36. The van der Waals surface area contributed by atoms with Gasteiger partial charge in [0.25, 0.3) is 0 Å². The number of rotatable bonds is 4. The summed E-state index contributed by atoms with van der Waals surface area (Å²) < 4.78 is 0. The maximum absolute atomic E-state index is 9.32. The highest BCUT2D eigenvalue weighted by atomic mass is 16.3. The van der Waals surface area contributed by atoms with Gasteiger partial charge in [-0.1, -0.05) is 0 Å². The molecule has 0 saturated heterocycles. The van der Waals surface area contributed by atoms with E-state index in [1.807, 2.05) is 38.8 Å².